The Morgan fingerprint density at radius 1 is 1.17 bits per heavy atom. The average Bonchev–Trinajstić information content (AvgIpc) is 2.40. The number of hydrogen-bond acceptors (Lipinski definition) is 3. The van der Waals surface area contributed by atoms with Crippen LogP contribution in [0.2, 0.25) is 0 Å². The van der Waals surface area contributed by atoms with Crippen LogP contribution < -0.4 is 10.1 Å². The summed E-state index contributed by atoms with van der Waals surface area (Å²) >= 11 is 0. The molecule has 3 heteroatoms. The summed E-state index contributed by atoms with van der Waals surface area (Å²) in [7, 11) is 1.86. The summed E-state index contributed by atoms with van der Waals surface area (Å²) < 4.78 is 5.81. The number of ether oxygens (including phenoxy) is 1. The molecule has 0 unspecified atom stereocenters. The minimum absolute atomic E-state index is 0.486. The maximum atomic E-state index is 5.81. The fraction of sp³-hybridized carbons (Fsp3) is 0.267. The first-order chi connectivity index (χ1) is 8.69. The van der Waals surface area contributed by atoms with E-state index in [0.29, 0.717) is 6.61 Å². The lowest BCUT2D eigenvalue weighted by atomic mass is 10.1. The standard InChI is InChI=1S/C15H18N2O/c1-11-7-8-12(2)14(9-11)18-10-13-5-4-6-15(16-3)17-13/h4-9H,10H2,1-3H3,(H,16,17). The number of nitrogens with zero attached hydrogens (tertiary/aromatic N) is 1. The fourth-order valence-corrected chi connectivity index (χ4v) is 1.71. The minimum Gasteiger partial charge on any atom is -0.487 e. The van der Waals surface area contributed by atoms with E-state index >= 15 is 0 Å². The van der Waals surface area contributed by atoms with E-state index in [4.69, 9.17) is 4.74 Å². The Bertz CT molecular complexity index is 538. The van der Waals surface area contributed by atoms with Crippen LogP contribution in [0.15, 0.2) is 36.4 Å². The lowest BCUT2D eigenvalue weighted by Crippen LogP contribution is -2.01. The van der Waals surface area contributed by atoms with Crippen LogP contribution >= 0.6 is 0 Å². The van der Waals surface area contributed by atoms with Crippen molar-refractivity contribution in [1.82, 2.24) is 4.98 Å². The molecule has 1 heterocycles. The third kappa shape index (κ3) is 3.00. The van der Waals surface area contributed by atoms with Gasteiger partial charge in [-0.05, 0) is 43.2 Å². The van der Waals surface area contributed by atoms with Gasteiger partial charge in [-0.3, -0.25) is 0 Å². The molecule has 94 valence electrons. The number of benzene rings is 1. The Kier molecular flexibility index (Phi) is 3.82. The number of aryl methyl sites for hydroxylation is 2. The van der Waals surface area contributed by atoms with Crippen LogP contribution in [0.1, 0.15) is 16.8 Å². The van der Waals surface area contributed by atoms with Gasteiger partial charge in [-0.25, -0.2) is 4.98 Å². The van der Waals surface area contributed by atoms with E-state index in [0.717, 1.165) is 22.8 Å². The van der Waals surface area contributed by atoms with Crippen molar-refractivity contribution >= 4 is 5.82 Å². The van der Waals surface area contributed by atoms with Gasteiger partial charge in [0, 0.05) is 7.05 Å². The number of pyridine rings is 1. The zero-order chi connectivity index (χ0) is 13.0. The van der Waals surface area contributed by atoms with Gasteiger partial charge in [-0.15, -0.1) is 0 Å². The second-order valence-corrected chi connectivity index (χ2v) is 4.32. The number of nitrogens with one attached hydrogen (secondary N) is 1. The van der Waals surface area contributed by atoms with Crippen molar-refractivity contribution in [2.45, 2.75) is 20.5 Å². The molecule has 0 aliphatic rings. The fourth-order valence-electron chi connectivity index (χ4n) is 1.71. The normalized spacial score (nSPS) is 10.2. The summed E-state index contributed by atoms with van der Waals surface area (Å²) in [6.45, 7) is 4.60. The number of aromatic nitrogens is 1. The third-order valence-corrected chi connectivity index (χ3v) is 2.78. The van der Waals surface area contributed by atoms with Crippen molar-refractivity contribution in [2.75, 3.05) is 12.4 Å². The Morgan fingerprint density at radius 3 is 2.78 bits per heavy atom. The quantitative estimate of drug-likeness (QED) is 0.893. The van der Waals surface area contributed by atoms with E-state index in [2.05, 4.69) is 35.4 Å². The lowest BCUT2D eigenvalue weighted by molar-refractivity contribution is 0.299. The zero-order valence-electron chi connectivity index (χ0n) is 11.0. The molecule has 0 fully saturated rings. The summed E-state index contributed by atoms with van der Waals surface area (Å²) in [5.74, 6) is 1.78. The Balaban J connectivity index is 2.08. The molecule has 0 atom stereocenters. The van der Waals surface area contributed by atoms with Gasteiger partial charge in [0.15, 0.2) is 0 Å². The molecule has 1 N–H and O–H groups in total. The third-order valence-electron chi connectivity index (χ3n) is 2.78. The molecule has 0 spiro atoms. The molecule has 0 radical (unpaired) electrons. The molecule has 0 saturated carbocycles. The Hall–Kier alpha value is -2.03. The molecule has 1 aromatic heterocycles. The molecule has 3 nitrogen and oxygen atoms in total. The van der Waals surface area contributed by atoms with E-state index in [1.807, 2.05) is 32.2 Å². The number of anilines is 1. The van der Waals surface area contributed by atoms with Crippen LogP contribution in [0.4, 0.5) is 5.82 Å². The first-order valence-electron chi connectivity index (χ1n) is 6.03. The van der Waals surface area contributed by atoms with Crippen LogP contribution in [0, 0.1) is 13.8 Å². The summed E-state index contributed by atoms with van der Waals surface area (Å²) in [5, 5.41) is 3.02. The highest BCUT2D eigenvalue weighted by Crippen LogP contribution is 2.20. The Morgan fingerprint density at radius 2 is 2.00 bits per heavy atom. The van der Waals surface area contributed by atoms with Gasteiger partial charge in [-0.2, -0.15) is 0 Å². The van der Waals surface area contributed by atoms with Gasteiger partial charge in [0.05, 0.1) is 5.69 Å². The van der Waals surface area contributed by atoms with Gasteiger partial charge < -0.3 is 10.1 Å². The van der Waals surface area contributed by atoms with Crippen LogP contribution in [0.5, 0.6) is 5.75 Å². The minimum atomic E-state index is 0.486. The van der Waals surface area contributed by atoms with Crippen molar-refractivity contribution in [2.24, 2.45) is 0 Å². The molecule has 0 aliphatic heterocycles. The number of hydrogen-bond donors (Lipinski definition) is 1. The van der Waals surface area contributed by atoms with Crippen molar-refractivity contribution in [1.29, 1.82) is 0 Å². The van der Waals surface area contributed by atoms with E-state index in [9.17, 15) is 0 Å². The van der Waals surface area contributed by atoms with E-state index in [1.165, 1.54) is 5.56 Å². The van der Waals surface area contributed by atoms with Gasteiger partial charge in [0.2, 0.25) is 0 Å². The van der Waals surface area contributed by atoms with Crippen molar-refractivity contribution in [3.63, 3.8) is 0 Å². The van der Waals surface area contributed by atoms with Gasteiger partial charge in [-0.1, -0.05) is 18.2 Å². The lowest BCUT2D eigenvalue weighted by Gasteiger charge is -2.10. The summed E-state index contributed by atoms with van der Waals surface area (Å²) in [4.78, 5) is 4.42. The van der Waals surface area contributed by atoms with Crippen molar-refractivity contribution in [3.05, 3.63) is 53.2 Å². The van der Waals surface area contributed by atoms with Gasteiger partial charge in [0.25, 0.3) is 0 Å². The topological polar surface area (TPSA) is 34.1 Å². The predicted molar refractivity (Wildman–Crippen MR) is 74.0 cm³/mol. The molecule has 0 saturated heterocycles. The summed E-state index contributed by atoms with van der Waals surface area (Å²) in [6.07, 6.45) is 0. The molecule has 2 rings (SSSR count). The van der Waals surface area contributed by atoms with Gasteiger partial charge >= 0.3 is 0 Å². The second kappa shape index (κ2) is 5.54. The van der Waals surface area contributed by atoms with Crippen molar-refractivity contribution < 1.29 is 4.74 Å². The highest BCUT2D eigenvalue weighted by Gasteiger charge is 2.02. The zero-order valence-corrected chi connectivity index (χ0v) is 11.0. The predicted octanol–water partition coefficient (Wildman–Crippen LogP) is 3.32. The molecular formula is C15H18N2O. The van der Waals surface area contributed by atoms with Gasteiger partial charge in [0.1, 0.15) is 18.2 Å². The van der Waals surface area contributed by atoms with E-state index in [1.54, 1.807) is 0 Å². The Labute approximate surface area is 108 Å². The summed E-state index contributed by atoms with van der Waals surface area (Å²) in [6, 6.07) is 12.1. The van der Waals surface area contributed by atoms with E-state index in [-0.39, 0.29) is 0 Å². The van der Waals surface area contributed by atoms with Crippen LogP contribution in [0.3, 0.4) is 0 Å². The monoisotopic (exact) mass is 242 g/mol. The molecule has 18 heavy (non-hydrogen) atoms. The maximum Gasteiger partial charge on any atom is 0.130 e. The smallest absolute Gasteiger partial charge is 0.130 e. The molecular weight excluding hydrogens is 224 g/mol. The van der Waals surface area contributed by atoms with Crippen LogP contribution in [-0.2, 0) is 6.61 Å². The largest absolute Gasteiger partial charge is 0.487 e. The highest BCUT2D eigenvalue weighted by molar-refractivity contribution is 5.37. The maximum absolute atomic E-state index is 5.81. The first kappa shape index (κ1) is 12.4. The molecule has 0 bridgehead atoms. The van der Waals surface area contributed by atoms with Crippen LogP contribution in [0.25, 0.3) is 0 Å². The van der Waals surface area contributed by atoms with E-state index < -0.39 is 0 Å². The number of rotatable bonds is 4. The SMILES string of the molecule is CNc1cccc(COc2cc(C)ccc2C)n1. The first-order valence-corrected chi connectivity index (χ1v) is 6.03. The molecule has 0 aliphatic carbocycles. The van der Waals surface area contributed by atoms with Crippen molar-refractivity contribution in [3.8, 4) is 5.75 Å². The average molecular weight is 242 g/mol. The van der Waals surface area contributed by atoms with Crippen LogP contribution in [-0.4, -0.2) is 12.0 Å². The molecule has 1 aromatic carbocycles. The highest BCUT2D eigenvalue weighted by atomic mass is 16.5. The molecule has 0 amide bonds. The molecule has 2 aromatic rings. The second-order valence-electron chi connectivity index (χ2n) is 4.32. The summed E-state index contributed by atoms with van der Waals surface area (Å²) in [5.41, 5.74) is 3.26.